The molecular weight excluding hydrogens is 367 g/mol. The third-order valence-electron chi connectivity index (χ3n) is 4.68. The highest BCUT2D eigenvalue weighted by atomic mass is 35.5. The van der Waals surface area contributed by atoms with E-state index in [2.05, 4.69) is 16.7 Å². The molecule has 1 aromatic carbocycles. The van der Waals surface area contributed by atoms with Gasteiger partial charge in [-0.15, -0.1) is 0 Å². The van der Waals surface area contributed by atoms with Crippen molar-refractivity contribution in [3.8, 4) is 0 Å². The second-order valence-electron chi connectivity index (χ2n) is 6.04. The molecule has 122 valence electrons. The number of halogens is 3. The second kappa shape index (κ2) is 6.11. The highest BCUT2D eigenvalue weighted by Crippen LogP contribution is 2.36. The summed E-state index contributed by atoms with van der Waals surface area (Å²) in [4.78, 5) is 2.34. The summed E-state index contributed by atoms with van der Waals surface area (Å²) >= 11 is 17.8. The van der Waals surface area contributed by atoms with Crippen molar-refractivity contribution in [3.05, 3.63) is 27.2 Å². The van der Waals surface area contributed by atoms with Gasteiger partial charge in [0.1, 0.15) is 4.90 Å². The monoisotopic (exact) mass is 382 g/mol. The minimum absolute atomic E-state index is 0.0187. The van der Waals surface area contributed by atoms with Gasteiger partial charge in [0.25, 0.3) is 0 Å². The third kappa shape index (κ3) is 3.12. The lowest BCUT2D eigenvalue weighted by atomic mass is 9.99. The Morgan fingerprint density at radius 1 is 1.05 bits per heavy atom. The van der Waals surface area contributed by atoms with Crippen molar-refractivity contribution in [2.45, 2.75) is 48.7 Å². The SMILES string of the molecule is CN1[C@@H]2CC[C@H]1CC(NS(=O)(=O)c1cc(Cl)c(Cl)cc1Cl)C2. The van der Waals surface area contributed by atoms with Gasteiger partial charge < -0.3 is 4.90 Å². The van der Waals surface area contributed by atoms with Crippen LogP contribution >= 0.6 is 34.8 Å². The molecule has 1 aromatic rings. The number of hydrogen-bond donors (Lipinski definition) is 1. The summed E-state index contributed by atoms with van der Waals surface area (Å²) in [5, 5.41) is 0.496. The molecule has 0 aromatic heterocycles. The van der Waals surface area contributed by atoms with Crippen LogP contribution in [0.4, 0.5) is 0 Å². The molecule has 0 amide bonds. The molecule has 22 heavy (non-hydrogen) atoms. The summed E-state index contributed by atoms with van der Waals surface area (Å²) in [5.41, 5.74) is 0. The van der Waals surface area contributed by atoms with E-state index in [1.54, 1.807) is 0 Å². The first-order valence-corrected chi connectivity index (χ1v) is 9.78. The van der Waals surface area contributed by atoms with E-state index in [1.165, 1.54) is 12.1 Å². The van der Waals surface area contributed by atoms with Gasteiger partial charge in [0.05, 0.1) is 15.1 Å². The maximum absolute atomic E-state index is 12.6. The lowest BCUT2D eigenvalue weighted by molar-refractivity contribution is 0.157. The molecular formula is C14H17Cl3N2O2S. The Hall–Kier alpha value is -0.0400. The molecule has 0 saturated carbocycles. The van der Waals surface area contributed by atoms with Crippen LogP contribution in [0.1, 0.15) is 25.7 Å². The van der Waals surface area contributed by atoms with Gasteiger partial charge in [-0.25, -0.2) is 13.1 Å². The number of piperidine rings is 1. The minimum Gasteiger partial charge on any atom is -0.300 e. The quantitative estimate of drug-likeness (QED) is 0.812. The van der Waals surface area contributed by atoms with Gasteiger partial charge in [-0.3, -0.25) is 0 Å². The summed E-state index contributed by atoms with van der Waals surface area (Å²) in [6, 6.07) is 3.51. The van der Waals surface area contributed by atoms with E-state index in [0.29, 0.717) is 12.1 Å². The first-order chi connectivity index (χ1) is 10.3. The number of fused-ring (bicyclic) bond motifs is 2. The van der Waals surface area contributed by atoms with E-state index in [1.807, 2.05) is 0 Å². The standard InChI is InChI=1S/C14H17Cl3N2O2S/c1-19-9-2-3-10(19)5-8(4-9)18-22(20,21)14-7-12(16)11(15)6-13(14)17/h6-10,18H,2-5H2,1H3/t8?,9-,10+. The predicted octanol–water partition coefficient (Wildman–Crippen LogP) is 3.55. The van der Waals surface area contributed by atoms with Gasteiger partial charge >= 0.3 is 0 Å². The highest BCUT2D eigenvalue weighted by molar-refractivity contribution is 7.89. The van der Waals surface area contributed by atoms with Crippen molar-refractivity contribution in [1.29, 1.82) is 0 Å². The molecule has 2 bridgehead atoms. The first-order valence-electron chi connectivity index (χ1n) is 7.17. The Morgan fingerprint density at radius 3 is 2.18 bits per heavy atom. The van der Waals surface area contributed by atoms with Crippen molar-refractivity contribution in [1.82, 2.24) is 9.62 Å². The Balaban J connectivity index is 1.81. The molecule has 2 saturated heterocycles. The van der Waals surface area contributed by atoms with Crippen molar-refractivity contribution >= 4 is 44.8 Å². The molecule has 2 fully saturated rings. The molecule has 0 radical (unpaired) electrons. The highest BCUT2D eigenvalue weighted by Gasteiger charge is 2.39. The second-order valence-corrected chi connectivity index (χ2v) is 8.94. The molecule has 0 spiro atoms. The number of benzene rings is 1. The van der Waals surface area contributed by atoms with Crippen LogP contribution in [0, 0.1) is 0 Å². The Labute approximate surface area is 145 Å². The maximum atomic E-state index is 12.6. The third-order valence-corrected chi connectivity index (χ3v) is 7.39. The summed E-state index contributed by atoms with van der Waals surface area (Å²) in [6.45, 7) is 0. The zero-order valence-electron chi connectivity index (χ0n) is 12.0. The molecule has 1 N–H and O–H groups in total. The van der Waals surface area contributed by atoms with Gasteiger partial charge in [0.2, 0.25) is 10.0 Å². The smallest absolute Gasteiger partial charge is 0.242 e. The Kier molecular flexibility index (Phi) is 4.67. The lowest BCUT2D eigenvalue weighted by Gasteiger charge is -2.36. The van der Waals surface area contributed by atoms with Gasteiger partial charge in [-0.2, -0.15) is 0 Å². The normalized spacial score (nSPS) is 29.0. The minimum atomic E-state index is -3.71. The van der Waals surface area contributed by atoms with Crippen LogP contribution in [0.3, 0.4) is 0 Å². The van der Waals surface area contributed by atoms with Gasteiger partial charge in [0.15, 0.2) is 0 Å². The van der Waals surface area contributed by atoms with Gasteiger partial charge in [0, 0.05) is 18.1 Å². The van der Waals surface area contributed by atoms with E-state index in [4.69, 9.17) is 34.8 Å². The summed E-state index contributed by atoms with van der Waals surface area (Å²) in [7, 11) is -1.60. The van der Waals surface area contributed by atoms with Crippen molar-refractivity contribution in [2.24, 2.45) is 0 Å². The number of hydrogen-bond acceptors (Lipinski definition) is 3. The van der Waals surface area contributed by atoms with E-state index in [9.17, 15) is 8.42 Å². The van der Waals surface area contributed by atoms with Crippen LogP contribution < -0.4 is 4.72 Å². The number of nitrogens with zero attached hydrogens (tertiary/aromatic N) is 1. The largest absolute Gasteiger partial charge is 0.300 e. The first kappa shape index (κ1) is 16.8. The van der Waals surface area contributed by atoms with Crippen LogP contribution in [0.25, 0.3) is 0 Å². The summed E-state index contributed by atoms with van der Waals surface area (Å²) < 4.78 is 28.0. The van der Waals surface area contributed by atoms with E-state index >= 15 is 0 Å². The van der Waals surface area contributed by atoms with Gasteiger partial charge in [-0.1, -0.05) is 34.8 Å². The number of rotatable bonds is 3. The summed E-state index contributed by atoms with van der Waals surface area (Å²) in [6.07, 6.45) is 3.91. The van der Waals surface area contributed by atoms with Crippen molar-refractivity contribution in [2.75, 3.05) is 7.05 Å². The average Bonchev–Trinajstić information content (AvgIpc) is 2.65. The van der Waals surface area contributed by atoms with Crippen LogP contribution in [0.15, 0.2) is 17.0 Å². The zero-order chi connectivity index (χ0) is 16.1. The molecule has 3 atom stereocenters. The molecule has 8 heteroatoms. The van der Waals surface area contributed by atoms with E-state index < -0.39 is 10.0 Å². The van der Waals surface area contributed by atoms with Crippen LogP contribution in [-0.4, -0.2) is 38.5 Å². The van der Waals surface area contributed by atoms with E-state index in [0.717, 1.165) is 25.7 Å². The zero-order valence-corrected chi connectivity index (χ0v) is 15.1. The molecule has 1 unspecified atom stereocenters. The topological polar surface area (TPSA) is 49.4 Å². The fourth-order valence-corrected chi connectivity index (χ4v) is 5.76. The molecule has 3 rings (SSSR count). The molecule has 2 aliphatic heterocycles. The Morgan fingerprint density at radius 2 is 1.59 bits per heavy atom. The van der Waals surface area contributed by atoms with Crippen LogP contribution in [0.5, 0.6) is 0 Å². The average molecular weight is 384 g/mol. The molecule has 2 heterocycles. The molecule has 0 aliphatic carbocycles. The lowest BCUT2D eigenvalue weighted by Crippen LogP contribution is -2.48. The molecule has 2 aliphatic rings. The molecule has 4 nitrogen and oxygen atoms in total. The van der Waals surface area contributed by atoms with Crippen molar-refractivity contribution in [3.63, 3.8) is 0 Å². The van der Waals surface area contributed by atoms with Crippen LogP contribution in [0.2, 0.25) is 15.1 Å². The van der Waals surface area contributed by atoms with Gasteiger partial charge in [-0.05, 0) is 44.9 Å². The number of nitrogens with one attached hydrogen (secondary N) is 1. The summed E-state index contributed by atoms with van der Waals surface area (Å²) in [5.74, 6) is 0. The van der Waals surface area contributed by atoms with Crippen molar-refractivity contribution < 1.29 is 8.42 Å². The Bertz CT molecular complexity index is 682. The van der Waals surface area contributed by atoms with Crippen LogP contribution in [-0.2, 0) is 10.0 Å². The fraction of sp³-hybridized carbons (Fsp3) is 0.571. The maximum Gasteiger partial charge on any atom is 0.242 e. The fourth-order valence-electron chi connectivity index (χ4n) is 3.50. The van der Waals surface area contributed by atoms with E-state index in [-0.39, 0.29) is 26.0 Å². The number of sulfonamides is 1. The predicted molar refractivity (Wildman–Crippen MR) is 89.4 cm³/mol.